The number of carbonyl (C=O) groups excluding carboxylic acids is 1. The largest absolute Gasteiger partial charge is 0.477 e. The molecule has 1 N–H and O–H groups in total. The Balaban J connectivity index is 2.48. The third-order valence-corrected chi connectivity index (χ3v) is 2.29. The molecule has 0 aliphatic heterocycles. The van der Waals surface area contributed by atoms with Gasteiger partial charge < -0.3 is 5.11 Å². The Hall–Kier alpha value is -1.71. The molecule has 0 saturated heterocycles. The number of aldehydes is 1. The molecule has 4 heteroatoms. The molecule has 0 bridgehead atoms. The predicted molar refractivity (Wildman–Crippen MR) is 48.6 cm³/mol. The van der Waals surface area contributed by atoms with Gasteiger partial charge in [0.05, 0.1) is 0 Å². The lowest BCUT2D eigenvalue weighted by atomic mass is 10.1. The standard InChI is InChI=1S/C10H9NO3/c12-5-6-3-8(7-1-2-7)9(10(13)14)11-4-6/h3-5,7H,1-2H2,(H,13,14). The van der Waals surface area contributed by atoms with Crippen LogP contribution in [0.1, 0.15) is 45.2 Å². The van der Waals surface area contributed by atoms with Gasteiger partial charge in [0.2, 0.25) is 0 Å². The molecule has 1 aliphatic rings. The lowest BCUT2D eigenvalue weighted by Crippen LogP contribution is -2.05. The molecular formula is C10H9NO3. The third kappa shape index (κ3) is 1.51. The second kappa shape index (κ2) is 3.21. The Kier molecular flexibility index (Phi) is 2.04. The molecule has 1 fully saturated rings. The number of rotatable bonds is 3. The average molecular weight is 191 g/mol. The summed E-state index contributed by atoms with van der Waals surface area (Å²) in [6, 6.07) is 1.63. The molecule has 1 aromatic heterocycles. The fraction of sp³-hybridized carbons (Fsp3) is 0.300. The highest BCUT2D eigenvalue weighted by Gasteiger charge is 2.29. The van der Waals surface area contributed by atoms with E-state index in [9.17, 15) is 9.59 Å². The molecular weight excluding hydrogens is 182 g/mol. The van der Waals surface area contributed by atoms with Gasteiger partial charge in [-0.05, 0) is 30.4 Å². The smallest absolute Gasteiger partial charge is 0.354 e. The molecule has 1 aromatic rings. The van der Waals surface area contributed by atoms with E-state index in [0.717, 1.165) is 12.8 Å². The van der Waals surface area contributed by atoms with Crippen molar-refractivity contribution in [3.8, 4) is 0 Å². The molecule has 4 nitrogen and oxygen atoms in total. The van der Waals surface area contributed by atoms with Crippen LogP contribution >= 0.6 is 0 Å². The summed E-state index contributed by atoms with van der Waals surface area (Å²) in [6.45, 7) is 0. The van der Waals surface area contributed by atoms with E-state index in [2.05, 4.69) is 4.98 Å². The number of aromatic nitrogens is 1. The van der Waals surface area contributed by atoms with Gasteiger partial charge in [-0.25, -0.2) is 9.78 Å². The Morgan fingerprint density at radius 3 is 2.79 bits per heavy atom. The molecule has 1 saturated carbocycles. The molecule has 0 amide bonds. The van der Waals surface area contributed by atoms with Gasteiger partial charge >= 0.3 is 5.97 Å². The highest BCUT2D eigenvalue weighted by Crippen LogP contribution is 2.41. The molecule has 2 rings (SSSR count). The van der Waals surface area contributed by atoms with Crippen molar-refractivity contribution in [2.24, 2.45) is 0 Å². The number of pyridine rings is 1. The van der Waals surface area contributed by atoms with Gasteiger partial charge in [0.15, 0.2) is 12.0 Å². The van der Waals surface area contributed by atoms with Crippen LogP contribution in [0.3, 0.4) is 0 Å². The maximum Gasteiger partial charge on any atom is 0.354 e. The first-order valence-corrected chi connectivity index (χ1v) is 4.41. The minimum atomic E-state index is -1.02. The summed E-state index contributed by atoms with van der Waals surface area (Å²) >= 11 is 0. The van der Waals surface area contributed by atoms with E-state index in [1.54, 1.807) is 6.07 Å². The second-order valence-corrected chi connectivity index (χ2v) is 3.40. The summed E-state index contributed by atoms with van der Waals surface area (Å²) < 4.78 is 0. The zero-order valence-electron chi connectivity index (χ0n) is 7.43. The van der Waals surface area contributed by atoms with Gasteiger partial charge in [-0.1, -0.05) is 0 Å². The molecule has 14 heavy (non-hydrogen) atoms. The highest BCUT2D eigenvalue weighted by atomic mass is 16.4. The number of carboxylic acid groups (broad SMARTS) is 1. The van der Waals surface area contributed by atoms with Crippen LogP contribution in [0.5, 0.6) is 0 Å². The Bertz CT molecular complexity index is 396. The van der Waals surface area contributed by atoms with Gasteiger partial charge in [-0.15, -0.1) is 0 Å². The minimum Gasteiger partial charge on any atom is -0.477 e. The normalized spacial score (nSPS) is 15.1. The van der Waals surface area contributed by atoms with E-state index in [4.69, 9.17) is 5.11 Å². The number of carboxylic acids is 1. The maximum absolute atomic E-state index is 10.8. The number of carbonyl (C=O) groups is 2. The molecule has 0 spiro atoms. The van der Waals surface area contributed by atoms with Crippen LogP contribution in [0.2, 0.25) is 0 Å². The lowest BCUT2D eigenvalue weighted by Gasteiger charge is -2.03. The molecule has 0 atom stereocenters. The number of aromatic carboxylic acids is 1. The van der Waals surface area contributed by atoms with E-state index in [1.807, 2.05) is 0 Å². The topological polar surface area (TPSA) is 67.3 Å². The van der Waals surface area contributed by atoms with Crippen LogP contribution in [0.4, 0.5) is 0 Å². The summed E-state index contributed by atoms with van der Waals surface area (Å²) in [5.41, 5.74) is 1.22. The van der Waals surface area contributed by atoms with E-state index in [0.29, 0.717) is 17.4 Å². The number of nitrogens with zero attached hydrogens (tertiary/aromatic N) is 1. The molecule has 1 heterocycles. The first kappa shape index (κ1) is 8.87. The molecule has 0 aromatic carbocycles. The second-order valence-electron chi connectivity index (χ2n) is 3.40. The van der Waals surface area contributed by atoms with Crippen molar-refractivity contribution in [2.75, 3.05) is 0 Å². The summed E-state index contributed by atoms with van der Waals surface area (Å²) in [7, 11) is 0. The Morgan fingerprint density at radius 1 is 1.57 bits per heavy atom. The summed E-state index contributed by atoms with van der Waals surface area (Å²) in [6.07, 6.45) is 3.96. The average Bonchev–Trinajstić information content (AvgIpc) is 3.00. The van der Waals surface area contributed by atoms with E-state index in [-0.39, 0.29) is 11.6 Å². The van der Waals surface area contributed by atoms with Crippen molar-refractivity contribution >= 4 is 12.3 Å². The van der Waals surface area contributed by atoms with Crippen molar-refractivity contribution in [3.63, 3.8) is 0 Å². The van der Waals surface area contributed by atoms with E-state index < -0.39 is 5.97 Å². The molecule has 72 valence electrons. The van der Waals surface area contributed by atoms with Crippen LogP contribution in [-0.4, -0.2) is 22.3 Å². The molecule has 1 aliphatic carbocycles. The van der Waals surface area contributed by atoms with Crippen LogP contribution in [-0.2, 0) is 0 Å². The van der Waals surface area contributed by atoms with E-state index >= 15 is 0 Å². The Morgan fingerprint density at radius 2 is 2.29 bits per heavy atom. The number of hydrogen-bond acceptors (Lipinski definition) is 3. The van der Waals surface area contributed by atoms with Crippen molar-refractivity contribution in [2.45, 2.75) is 18.8 Å². The zero-order chi connectivity index (χ0) is 10.1. The van der Waals surface area contributed by atoms with Gasteiger partial charge in [0.25, 0.3) is 0 Å². The monoisotopic (exact) mass is 191 g/mol. The zero-order valence-corrected chi connectivity index (χ0v) is 7.43. The fourth-order valence-corrected chi connectivity index (χ4v) is 1.45. The van der Waals surface area contributed by atoms with Crippen molar-refractivity contribution in [3.05, 3.63) is 29.1 Å². The van der Waals surface area contributed by atoms with Crippen LogP contribution in [0.25, 0.3) is 0 Å². The van der Waals surface area contributed by atoms with Gasteiger partial charge in [-0.3, -0.25) is 4.79 Å². The molecule has 0 radical (unpaired) electrons. The van der Waals surface area contributed by atoms with Gasteiger partial charge in [0, 0.05) is 11.8 Å². The fourth-order valence-electron chi connectivity index (χ4n) is 1.45. The lowest BCUT2D eigenvalue weighted by molar-refractivity contribution is 0.0688. The van der Waals surface area contributed by atoms with Crippen molar-refractivity contribution in [1.82, 2.24) is 4.98 Å². The van der Waals surface area contributed by atoms with Crippen LogP contribution in [0, 0.1) is 0 Å². The minimum absolute atomic E-state index is 0.0816. The van der Waals surface area contributed by atoms with Crippen molar-refractivity contribution in [1.29, 1.82) is 0 Å². The van der Waals surface area contributed by atoms with Crippen LogP contribution in [0.15, 0.2) is 12.3 Å². The summed E-state index contributed by atoms with van der Waals surface area (Å²) in [4.78, 5) is 25.1. The third-order valence-electron chi connectivity index (χ3n) is 2.29. The number of hydrogen-bond donors (Lipinski definition) is 1. The van der Waals surface area contributed by atoms with Gasteiger partial charge in [-0.2, -0.15) is 0 Å². The Labute approximate surface area is 80.6 Å². The first-order chi connectivity index (χ1) is 6.72. The van der Waals surface area contributed by atoms with Crippen LogP contribution < -0.4 is 0 Å². The molecule has 0 unspecified atom stereocenters. The SMILES string of the molecule is O=Cc1cnc(C(=O)O)c(C2CC2)c1. The van der Waals surface area contributed by atoms with Gasteiger partial charge in [0.1, 0.15) is 0 Å². The maximum atomic E-state index is 10.8. The summed E-state index contributed by atoms with van der Waals surface area (Å²) in [5.74, 6) is -0.738. The van der Waals surface area contributed by atoms with E-state index in [1.165, 1.54) is 6.20 Å². The predicted octanol–water partition coefficient (Wildman–Crippen LogP) is 1.47. The van der Waals surface area contributed by atoms with Crippen molar-refractivity contribution < 1.29 is 14.7 Å². The summed E-state index contributed by atoms with van der Waals surface area (Å²) in [5, 5.41) is 8.86. The quantitative estimate of drug-likeness (QED) is 0.734. The highest BCUT2D eigenvalue weighted by molar-refractivity contribution is 5.88. The first-order valence-electron chi connectivity index (χ1n) is 4.41.